The molecule has 0 aliphatic carbocycles. The van der Waals surface area contributed by atoms with Crippen molar-refractivity contribution in [2.45, 2.75) is 65.1 Å². The average molecular weight is 486 g/mol. The molecule has 3 aromatic rings. The molecule has 0 bridgehead atoms. The Bertz CT molecular complexity index is 1240. The Morgan fingerprint density at radius 2 is 1.67 bits per heavy atom. The number of hydrogen-bond acceptors (Lipinski definition) is 3. The fourth-order valence-electron chi connectivity index (χ4n) is 4.87. The zero-order chi connectivity index (χ0) is 25.7. The molecule has 2 unspecified atom stereocenters. The van der Waals surface area contributed by atoms with Gasteiger partial charge in [0.05, 0.1) is 5.69 Å². The number of carbonyl (C=O) groups excluding carboxylic acids is 3. The second-order valence-corrected chi connectivity index (χ2v) is 9.49. The Kier molecular flexibility index (Phi) is 8.04. The molecule has 1 aliphatic heterocycles. The van der Waals surface area contributed by atoms with Gasteiger partial charge >= 0.3 is 0 Å². The van der Waals surface area contributed by atoms with Crippen molar-refractivity contribution in [3.8, 4) is 0 Å². The molecular weight excluding hydrogens is 450 g/mol. The predicted molar refractivity (Wildman–Crippen MR) is 144 cm³/mol. The number of benzene rings is 3. The smallest absolute Gasteiger partial charge is 0.258 e. The molecule has 2 atom stereocenters. The highest BCUT2D eigenvalue weighted by molar-refractivity contribution is 6.25. The summed E-state index contributed by atoms with van der Waals surface area (Å²) >= 11 is 0. The van der Waals surface area contributed by atoms with Gasteiger partial charge in [0.25, 0.3) is 5.91 Å². The van der Waals surface area contributed by atoms with Gasteiger partial charge in [0.1, 0.15) is 6.04 Å². The maximum Gasteiger partial charge on any atom is 0.258 e. The molecule has 0 fully saturated rings. The molecule has 0 aromatic heterocycles. The Balaban J connectivity index is 1.47. The molecule has 6 heteroatoms. The summed E-state index contributed by atoms with van der Waals surface area (Å²) in [5.74, 6) is -0.213. The number of amides is 3. The summed E-state index contributed by atoms with van der Waals surface area (Å²) < 4.78 is 0. The fraction of sp³-hybridized carbons (Fsp3) is 0.367. The van der Waals surface area contributed by atoms with Gasteiger partial charge in [-0.25, -0.2) is 0 Å². The lowest BCUT2D eigenvalue weighted by molar-refractivity contribution is -0.141. The van der Waals surface area contributed by atoms with Crippen molar-refractivity contribution >= 4 is 34.2 Å². The van der Waals surface area contributed by atoms with E-state index in [0.717, 1.165) is 28.4 Å². The second kappa shape index (κ2) is 11.4. The highest BCUT2D eigenvalue weighted by atomic mass is 16.2. The minimum Gasteiger partial charge on any atom is -0.352 e. The third-order valence-electron chi connectivity index (χ3n) is 7.00. The van der Waals surface area contributed by atoms with Crippen molar-refractivity contribution in [3.05, 3.63) is 77.9 Å². The summed E-state index contributed by atoms with van der Waals surface area (Å²) in [5.41, 5.74) is 2.60. The van der Waals surface area contributed by atoms with E-state index in [1.54, 1.807) is 9.80 Å². The van der Waals surface area contributed by atoms with Gasteiger partial charge in [-0.2, -0.15) is 0 Å². The van der Waals surface area contributed by atoms with E-state index >= 15 is 0 Å². The predicted octanol–water partition coefficient (Wildman–Crippen LogP) is 5.30. The maximum atomic E-state index is 13.5. The summed E-state index contributed by atoms with van der Waals surface area (Å²) in [5, 5.41) is 5.07. The number of nitrogens with zero attached hydrogens (tertiary/aromatic N) is 2. The van der Waals surface area contributed by atoms with Gasteiger partial charge < -0.3 is 15.1 Å². The maximum absolute atomic E-state index is 13.5. The Labute approximate surface area is 213 Å². The Hall–Kier alpha value is -3.67. The summed E-state index contributed by atoms with van der Waals surface area (Å²) in [4.78, 5) is 43.2. The van der Waals surface area contributed by atoms with Gasteiger partial charge in [0.2, 0.25) is 11.8 Å². The Morgan fingerprint density at radius 1 is 0.944 bits per heavy atom. The third-order valence-corrected chi connectivity index (χ3v) is 7.00. The molecule has 0 spiro atoms. The molecular formula is C30H35N3O3. The number of nitrogens with one attached hydrogen (secondary N) is 1. The molecule has 36 heavy (non-hydrogen) atoms. The minimum absolute atomic E-state index is 0.0187. The van der Waals surface area contributed by atoms with Crippen molar-refractivity contribution in [1.82, 2.24) is 10.2 Å². The summed E-state index contributed by atoms with van der Waals surface area (Å²) in [7, 11) is 0. The molecule has 4 rings (SSSR count). The van der Waals surface area contributed by atoms with Crippen molar-refractivity contribution in [2.75, 3.05) is 11.4 Å². The number of carbonyl (C=O) groups is 3. The van der Waals surface area contributed by atoms with Crippen LogP contribution in [0.1, 0.15) is 62.4 Å². The largest absolute Gasteiger partial charge is 0.352 e. The van der Waals surface area contributed by atoms with Crippen LogP contribution in [0.3, 0.4) is 0 Å². The molecule has 188 valence electrons. The summed E-state index contributed by atoms with van der Waals surface area (Å²) in [6.07, 6.45) is 2.14. The van der Waals surface area contributed by atoms with Gasteiger partial charge in [0, 0.05) is 36.5 Å². The molecule has 1 aliphatic rings. The van der Waals surface area contributed by atoms with Gasteiger partial charge in [-0.1, -0.05) is 68.4 Å². The minimum atomic E-state index is -0.543. The third kappa shape index (κ3) is 5.27. The van der Waals surface area contributed by atoms with Gasteiger partial charge in [-0.3, -0.25) is 14.4 Å². The molecule has 3 amide bonds. The van der Waals surface area contributed by atoms with Crippen LogP contribution in [0.25, 0.3) is 10.8 Å². The monoisotopic (exact) mass is 485 g/mol. The first kappa shape index (κ1) is 25.4. The molecule has 0 radical (unpaired) electrons. The van der Waals surface area contributed by atoms with E-state index in [0.29, 0.717) is 31.5 Å². The van der Waals surface area contributed by atoms with Crippen LogP contribution < -0.4 is 10.2 Å². The first-order chi connectivity index (χ1) is 17.4. The van der Waals surface area contributed by atoms with Crippen LogP contribution in [0.15, 0.2) is 66.7 Å². The van der Waals surface area contributed by atoms with Crippen LogP contribution in [0.4, 0.5) is 5.69 Å². The van der Waals surface area contributed by atoms with Crippen molar-refractivity contribution in [3.63, 3.8) is 0 Å². The molecule has 0 saturated heterocycles. The summed E-state index contributed by atoms with van der Waals surface area (Å²) in [6.45, 7) is 6.76. The van der Waals surface area contributed by atoms with Crippen LogP contribution >= 0.6 is 0 Å². The number of rotatable bonds is 11. The normalized spacial score (nSPS) is 14.1. The highest BCUT2D eigenvalue weighted by Crippen LogP contribution is 2.37. The lowest BCUT2D eigenvalue weighted by Crippen LogP contribution is -2.50. The zero-order valence-electron chi connectivity index (χ0n) is 21.4. The molecule has 1 heterocycles. The van der Waals surface area contributed by atoms with Crippen molar-refractivity contribution in [2.24, 2.45) is 0 Å². The van der Waals surface area contributed by atoms with Crippen LogP contribution in [-0.4, -0.2) is 41.2 Å². The van der Waals surface area contributed by atoms with Crippen LogP contribution in [0.2, 0.25) is 0 Å². The van der Waals surface area contributed by atoms with Gasteiger partial charge in [0.15, 0.2) is 0 Å². The molecule has 0 saturated carbocycles. The van der Waals surface area contributed by atoms with Crippen molar-refractivity contribution in [1.29, 1.82) is 0 Å². The van der Waals surface area contributed by atoms with E-state index in [4.69, 9.17) is 0 Å². The molecule has 1 N–H and O–H groups in total. The van der Waals surface area contributed by atoms with Gasteiger partial charge in [-0.05, 0) is 49.3 Å². The number of hydrogen-bond donors (Lipinski definition) is 1. The van der Waals surface area contributed by atoms with Crippen LogP contribution in [0, 0.1) is 0 Å². The topological polar surface area (TPSA) is 69.7 Å². The van der Waals surface area contributed by atoms with Crippen LogP contribution in [0.5, 0.6) is 0 Å². The lowest BCUT2D eigenvalue weighted by Gasteiger charge is -2.31. The number of anilines is 1. The van der Waals surface area contributed by atoms with E-state index in [1.165, 1.54) is 0 Å². The van der Waals surface area contributed by atoms with Crippen LogP contribution in [-0.2, 0) is 16.1 Å². The quantitative estimate of drug-likeness (QED) is 0.401. The average Bonchev–Trinajstić information content (AvgIpc) is 3.17. The van der Waals surface area contributed by atoms with E-state index < -0.39 is 6.04 Å². The van der Waals surface area contributed by atoms with E-state index in [1.807, 2.05) is 87.5 Å². The SMILES string of the molecule is CCC(C)NC(=O)C(CC)N(Cc1ccccc1)C(=O)CCCN1C(=O)c2cccc3cccc1c23. The first-order valence-corrected chi connectivity index (χ1v) is 12.9. The van der Waals surface area contributed by atoms with Crippen molar-refractivity contribution < 1.29 is 14.4 Å². The Morgan fingerprint density at radius 3 is 2.36 bits per heavy atom. The highest BCUT2D eigenvalue weighted by Gasteiger charge is 2.31. The van der Waals surface area contributed by atoms with E-state index in [2.05, 4.69) is 5.32 Å². The first-order valence-electron chi connectivity index (χ1n) is 12.9. The van der Waals surface area contributed by atoms with E-state index in [-0.39, 0.29) is 30.2 Å². The molecule has 3 aromatic carbocycles. The van der Waals surface area contributed by atoms with E-state index in [9.17, 15) is 14.4 Å². The second-order valence-electron chi connectivity index (χ2n) is 9.49. The zero-order valence-corrected chi connectivity index (χ0v) is 21.4. The fourth-order valence-corrected chi connectivity index (χ4v) is 4.87. The standard InChI is InChI=1S/C30H35N3O3/c1-4-21(3)31-29(35)25(5-2)33(20-22-12-7-6-8-13-22)27(34)18-11-19-32-26-17-10-15-23-14-9-16-24(28(23)26)30(32)36/h6-10,12-17,21,25H,4-5,11,18-20H2,1-3H3,(H,31,35). The molecule has 6 nitrogen and oxygen atoms in total. The van der Waals surface area contributed by atoms with Gasteiger partial charge in [-0.15, -0.1) is 0 Å². The lowest BCUT2D eigenvalue weighted by atomic mass is 10.1. The summed E-state index contributed by atoms with van der Waals surface area (Å²) in [6, 6.07) is 21.0.